The van der Waals surface area contributed by atoms with Gasteiger partial charge in [-0.1, -0.05) is 18.2 Å². The summed E-state index contributed by atoms with van der Waals surface area (Å²) in [6, 6.07) is 8.61. The van der Waals surface area contributed by atoms with Gasteiger partial charge in [0.05, 0.1) is 0 Å². The molecule has 62 valence electrons. The number of rotatable bonds is 1. The lowest BCUT2D eigenvalue weighted by molar-refractivity contribution is 0.208. The third kappa shape index (κ3) is 2.09. The lowest BCUT2D eigenvalue weighted by Gasteiger charge is -2.00. The first-order chi connectivity index (χ1) is 5.70. The topological polar surface area (TPSA) is 76.2 Å². The number of carbonyl (C=O) groups excluding carboxylic acids is 1. The molecule has 0 heterocycles. The highest BCUT2D eigenvalue weighted by atomic mass is 16.6. The fraction of sp³-hybridized carbons (Fsp3) is 0. The van der Waals surface area contributed by atoms with Crippen LogP contribution in [0.5, 0.6) is 0 Å². The molecular weight excluding hydrogens is 156 g/mol. The van der Waals surface area contributed by atoms with E-state index in [9.17, 15) is 4.79 Å². The van der Waals surface area contributed by atoms with Crippen molar-refractivity contribution in [2.45, 2.75) is 0 Å². The minimum Gasteiger partial charge on any atom is -0.391 e. The molecule has 0 aromatic heterocycles. The minimum absolute atomic E-state index is 0.233. The number of hydrogen-bond acceptors (Lipinski definition) is 3. The van der Waals surface area contributed by atoms with Gasteiger partial charge in [0.15, 0.2) is 0 Å². The van der Waals surface area contributed by atoms with E-state index in [1.807, 2.05) is 0 Å². The Morgan fingerprint density at radius 1 is 1.33 bits per heavy atom. The van der Waals surface area contributed by atoms with E-state index >= 15 is 0 Å². The number of hydrogen-bond donors (Lipinski definition) is 2. The van der Waals surface area contributed by atoms with Gasteiger partial charge in [-0.05, 0) is 12.1 Å². The molecule has 1 aromatic rings. The molecule has 0 bridgehead atoms. The van der Waals surface area contributed by atoms with Crippen LogP contribution in [0.25, 0.3) is 0 Å². The molecule has 1 rings (SSSR count). The number of ether oxygens (including phenoxy) is 1. The molecule has 4 heteroatoms. The molecule has 4 nitrogen and oxygen atoms in total. The van der Waals surface area contributed by atoms with Gasteiger partial charge in [-0.25, -0.2) is 4.79 Å². The predicted molar refractivity (Wildman–Crippen MR) is 43.9 cm³/mol. The van der Waals surface area contributed by atoms with Crippen LogP contribution in [-0.2, 0) is 4.74 Å². The van der Waals surface area contributed by atoms with Crippen LogP contribution < -0.4 is 5.73 Å². The van der Waals surface area contributed by atoms with Gasteiger partial charge in [0.2, 0.25) is 5.90 Å². The Kier molecular flexibility index (Phi) is 2.42. The van der Waals surface area contributed by atoms with E-state index in [-0.39, 0.29) is 5.90 Å². The summed E-state index contributed by atoms with van der Waals surface area (Å²) < 4.78 is 4.36. The lowest BCUT2D eigenvalue weighted by atomic mass is 10.2. The fourth-order valence-corrected chi connectivity index (χ4v) is 0.749. The zero-order valence-electron chi connectivity index (χ0n) is 6.28. The molecule has 1 amide bonds. The van der Waals surface area contributed by atoms with Crippen LogP contribution in [-0.4, -0.2) is 12.0 Å². The average Bonchev–Trinajstić information content (AvgIpc) is 2.05. The highest BCUT2D eigenvalue weighted by molar-refractivity contribution is 5.97. The Morgan fingerprint density at radius 2 is 1.92 bits per heavy atom. The number of carbonyl (C=O) groups is 1. The molecule has 0 atom stereocenters. The monoisotopic (exact) mass is 164 g/mol. The normalized spacial score (nSPS) is 9.00. The molecule has 1 aromatic carbocycles. The van der Waals surface area contributed by atoms with Crippen LogP contribution >= 0.6 is 0 Å². The van der Waals surface area contributed by atoms with E-state index in [1.165, 1.54) is 0 Å². The van der Waals surface area contributed by atoms with Gasteiger partial charge in [-0.2, -0.15) is 0 Å². The number of benzene rings is 1. The summed E-state index contributed by atoms with van der Waals surface area (Å²) >= 11 is 0. The number of nitrogens with one attached hydrogen (secondary N) is 1. The Balaban J connectivity index is 2.73. The summed E-state index contributed by atoms with van der Waals surface area (Å²) in [5.74, 6) is -0.233. The van der Waals surface area contributed by atoms with Crippen molar-refractivity contribution < 1.29 is 9.53 Å². The SMILES string of the molecule is N=C(OC(N)=O)c1ccccc1. The van der Waals surface area contributed by atoms with E-state index in [0.29, 0.717) is 5.56 Å². The Hall–Kier alpha value is -1.84. The van der Waals surface area contributed by atoms with Gasteiger partial charge >= 0.3 is 6.09 Å². The first kappa shape index (κ1) is 8.26. The summed E-state index contributed by atoms with van der Waals surface area (Å²) in [6.07, 6.45) is -0.969. The lowest BCUT2D eigenvalue weighted by Crippen LogP contribution is -2.18. The second-order valence-corrected chi connectivity index (χ2v) is 2.12. The molecule has 0 aliphatic heterocycles. The van der Waals surface area contributed by atoms with Crippen molar-refractivity contribution in [1.82, 2.24) is 0 Å². The van der Waals surface area contributed by atoms with Gasteiger partial charge < -0.3 is 10.5 Å². The van der Waals surface area contributed by atoms with Crippen LogP contribution in [0.2, 0.25) is 0 Å². The number of nitrogens with two attached hydrogens (primary N) is 1. The zero-order valence-corrected chi connectivity index (χ0v) is 6.28. The number of primary amides is 1. The summed E-state index contributed by atoms with van der Waals surface area (Å²) in [7, 11) is 0. The van der Waals surface area contributed by atoms with Crippen molar-refractivity contribution in [2.75, 3.05) is 0 Å². The molecule has 12 heavy (non-hydrogen) atoms. The van der Waals surface area contributed by atoms with E-state index in [1.54, 1.807) is 30.3 Å². The predicted octanol–water partition coefficient (Wildman–Crippen LogP) is 1.11. The first-order valence-electron chi connectivity index (χ1n) is 3.31. The molecule has 0 aliphatic rings. The van der Waals surface area contributed by atoms with Crippen LogP contribution in [0.1, 0.15) is 5.56 Å². The van der Waals surface area contributed by atoms with Crippen LogP contribution in [0, 0.1) is 5.41 Å². The second-order valence-electron chi connectivity index (χ2n) is 2.12. The molecule has 0 aliphatic carbocycles. The minimum atomic E-state index is -0.969. The molecule has 0 unspecified atom stereocenters. The summed E-state index contributed by atoms with van der Waals surface area (Å²) in [6.45, 7) is 0. The largest absolute Gasteiger partial charge is 0.411 e. The molecule has 0 saturated carbocycles. The highest BCUT2D eigenvalue weighted by Gasteiger charge is 2.03. The Bertz CT molecular complexity index is 295. The van der Waals surface area contributed by atoms with E-state index in [0.717, 1.165) is 0 Å². The maximum Gasteiger partial charge on any atom is 0.411 e. The first-order valence-corrected chi connectivity index (χ1v) is 3.31. The van der Waals surface area contributed by atoms with Crippen molar-refractivity contribution in [3.05, 3.63) is 35.9 Å². The zero-order chi connectivity index (χ0) is 8.97. The standard InChI is InChI=1S/C8H8N2O2/c9-7(12-8(10)11)6-4-2-1-3-5-6/h1-5,9H,(H2,10,11). The Labute approximate surface area is 69.5 Å². The van der Waals surface area contributed by atoms with E-state index in [2.05, 4.69) is 4.74 Å². The number of amides is 1. The fourth-order valence-electron chi connectivity index (χ4n) is 0.749. The molecule has 0 radical (unpaired) electrons. The van der Waals surface area contributed by atoms with Gasteiger partial charge in [-0.3, -0.25) is 5.41 Å². The molecule has 0 fully saturated rings. The molecule has 0 spiro atoms. The van der Waals surface area contributed by atoms with Crippen molar-refractivity contribution in [1.29, 1.82) is 5.41 Å². The van der Waals surface area contributed by atoms with E-state index < -0.39 is 6.09 Å². The second kappa shape index (κ2) is 3.52. The van der Waals surface area contributed by atoms with Crippen molar-refractivity contribution in [3.63, 3.8) is 0 Å². The summed E-state index contributed by atoms with van der Waals surface area (Å²) in [5, 5.41) is 7.24. The highest BCUT2D eigenvalue weighted by Crippen LogP contribution is 2.00. The molecular formula is C8H8N2O2. The molecule has 0 saturated heterocycles. The van der Waals surface area contributed by atoms with Crippen LogP contribution in [0.4, 0.5) is 4.79 Å². The third-order valence-corrected chi connectivity index (χ3v) is 1.24. The van der Waals surface area contributed by atoms with Crippen molar-refractivity contribution in [2.24, 2.45) is 5.73 Å². The van der Waals surface area contributed by atoms with Gasteiger partial charge in [-0.15, -0.1) is 0 Å². The maximum atomic E-state index is 10.2. The summed E-state index contributed by atoms with van der Waals surface area (Å²) in [4.78, 5) is 10.2. The average molecular weight is 164 g/mol. The van der Waals surface area contributed by atoms with Gasteiger partial charge in [0.25, 0.3) is 0 Å². The van der Waals surface area contributed by atoms with Crippen molar-refractivity contribution >= 4 is 12.0 Å². The van der Waals surface area contributed by atoms with Crippen LogP contribution in [0.3, 0.4) is 0 Å². The van der Waals surface area contributed by atoms with Gasteiger partial charge in [0.1, 0.15) is 0 Å². The smallest absolute Gasteiger partial charge is 0.391 e. The Morgan fingerprint density at radius 3 is 2.42 bits per heavy atom. The quantitative estimate of drug-likeness (QED) is 0.481. The van der Waals surface area contributed by atoms with Crippen LogP contribution in [0.15, 0.2) is 30.3 Å². The van der Waals surface area contributed by atoms with Crippen molar-refractivity contribution in [3.8, 4) is 0 Å². The molecule has 3 N–H and O–H groups in total. The maximum absolute atomic E-state index is 10.2. The van der Waals surface area contributed by atoms with E-state index in [4.69, 9.17) is 11.1 Å². The summed E-state index contributed by atoms with van der Waals surface area (Å²) in [5.41, 5.74) is 5.25. The van der Waals surface area contributed by atoms with Gasteiger partial charge in [0, 0.05) is 5.56 Å². The third-order valence-electron chi connectivity index (χ3n) is 1.24.